The molecule has 1 saturated carbocycles. The van der Waals surface area contributed by atoms with Gasteiger partial charge in [-0.2, -0.15) is 0 Å². The molecule has 0 bridgehead atoms. The fourth-order valence-electron chi connectivity index (χ4n) is 2.12. The van der Waals surface area contributed by atoms with Crippen molar-refractivity contribution in [3.8, 4) is 0 Å². The molecule has 5 nitrogen and oxygen atoms in total. The van der Waals surface area contributed by atoms with E-state index in [1.165, 1.54) is 6.42 Å². The lowest BCUT2D eigenvalue weighted by Crippen LogP contribution is -2.37. The lowest BCUT2D eigenvalue weighted by Gasteiger charge is -2.24. The van der Waals surface area contributed by atoms with Crippen molar-refractivity contribution in [3.05, 3.63) is 0 Å². The van der Waals surface area contributed by atoms with Gasteiger partial charge in [-0.25, -0.2) is 0 Å². The van der Waals surface area contributed by atoms with E-state index in [9.17, 15) is 9.59 Å². The second-order valence-electron chi connectivity index (χ2n) is 4.73. The smallest absolute Gasteiger partial charge is 0.226 e. The van der Waals surface area contributed by atoms with Crippen LogP contribution in [0.15, 0.2) is 0 Å². The zero-order chi connectivity index (χ0) is 11.7. The van der Waals surface area contributed by atoms with Crippen LogP contribution in [-0.2, 0) is 9.59 Å². The highest BCUT2D eigenvalue weighted by Crippen LogP contribution is 2.33. The van der Waals surface area contributed by atoms with Crippen LogP contribution in [0.2, 0.25) is 0 Å². The normalized spacial score (nSPS) is 25.9. The van der Waals surface area contributed by atoms with Gasteiger partial charge in [0.15, 0.2) is 0 Å². The Morgan fingerprint density at radius 1 is 1.50 bits per heavy atom. The zero-order valence-corrected chi connectivity index (χ0v) is 9.61. The van der Waals surface area contributed by atoms with Crippen LogP contribution in [0.4, 0.5) is 0 Å². The molecule has 0 aromatic heterocycles. The molecule has 1 aliphatic heterocycles. The topological polar surface area (TPSA) is 75.2 Å². The molecule has 3 N–H and O–H groups in total. The summed E-state index contributed by atoms with van der Waals surface area (Å²) in [6.07, 6.45) is 3.51. The minimum absolute atomic E-state index is 0.0598. The van der Waals surface area contributed by atoms with Gasteiger partial charge in [0, 0.05) is 32.0 Å². The van der Waals surface area contributed by atoms with Crippen molar-refractivity contribution >= 4 is 11.8 Å². The Balaban J connectivity index is 1.77. The molecule has 16 heavy (non-hydrogen) atoms. The van der Waals surface area contributed by atoms with Gasteiger partial charge in [0.2, 0.25) is 11.8 Å². The van der Waals surface area contributed by atoms with Gasteiger partial charge in [-0.3, -0.25) is 9.59 Å². The van der Waals surface area contributed by atoms with Gasteiger partial charge in [0.05, 0.1) is 6.04 Å². The molecule has 2 unspecified atom stereocenters. The van der Waals surface area contributed by atoms with Crippen LogP contribution in [0.3, 0.4) is 0 Å². The number of nitrogens with one attached hydrogen (secondary N) is 1. The lowest BCUT2D eigenvalue weighted by molar-refractivity contribution is -0.133. The van der Waals surface area contributed by atoms with Gasteiger partial charge in [-0.15, -0.1) is 0 Å². The second-order valence-corrected chi connectivity index (χ2v) is 4.73. The minimum atomic E-state index is -0.219. The molecule has 2 atom stereocenters. The van der Waals surface area contributed by atoms with Crippen molar-refractivity contribution in [3.63, 3.8) is 0 Å². The fraction of sp³-hybridized carbons (Fsp3) is 0.818. The van der Waals surface area contributed by atoms with Crippen molar-refractivity contribution in [2.45, 2.75) is 37.8 Å². The van der Waals surface area contributed by atoms with Crippen LogP contribution in [0.25, 0.3) is 0 Å². The Bertz CT molecular complexity index is 302. The number of hydrogen-bond donors (Lipinski definition) is 2. The Hall–Kier alpha value is -1.10. The maximum absolute atomic E-state index is 11.8. The van der Waals surface area contributed by atoms with E-state index in [-0.39, 0.29) is 29.8 Å². The predicted molar refractivity (Wildman–Crippen MR) is 59.5 cm³/mol. The zero-order valence-electron chi connectivity index (χ0n) is 9.61. The number of carbonyl (C=O) groups is 2. The van der Waals surface area contributed by atoms with Crippen LogP contribution < -0.4 is 11.1 Å². The van der Waals surface area contributed by atoms with E-state index in [0.29, 0.717) is 6.42 Å². The predicted octanol–water partition coefficient (Wildman–Crippen LogP) is -0.539. The number of nitrogens with zero attached hydrogens (tertiary/aromatic N) is 1. The Morgan fingerprint density at radius 3 is 2.69 bits per heavy atom. The third-order valence-electron chi connectivity index (χ3n) is 3.58. The average molecular weight is 225 g/mol. The maximum atomic E-state index is 11.8. The van der Waals surface area contributed by atoms with E-state index in [1.807, 2.05) is 4.90 Å². The summed E-state index contributed by atoms with van der Waals surface area (Å²) in [7, 11) is 1.60. The van der Waals surface area contributed by atoms with E-state index >= 15 is 0 Å². The van der Waals surface area contributed by atoms with E-state index in [4.69, 9.17) is 5.73 Å². The van der Waals surface area contributed by atoms with E-state index in [0.717, 1.165) is 19.4 Å². The summed E-state index contributed by atoms with van der Waals surface area (Å²) in [5, 5.41) is 2.55. The first-order valence-corrected chi connectivity index (χ1v) is 5.90. The van der Waals surface area contributed by atoms with Crippen LogP contribution in [-0.4, -0.2) is 42.4 Å². The molecule has 90 valence electrons. The summed E-state index contributed by atoms with van der Waals surface area (Å²) in [4.78, 5) is 24.8. The third kappa shape index (κ3) is 2.19. The summed E-state index contributed by atoms with van der Waals surface area (Å²) < 4.78 is 0. The number of hydrogen-bond acceptors (Lipinski definition) is 3. The van der Waals surface area contributed by atoms with E-state index in [2.05, 4.69) is 5.32 Å². The molecule has 0 aromatic carbocycles. The minimum Gasteiger partial charge on any atom is -0.359 e. The summed E-state index contributed by atoms with van der Waals surface area (Å²) >= 11 is 0. The number of amides is 2. The SMILES string of the molecule is CNC(=O)CC(N)C1CN1C(=O)C1CCC1. The van der Waals surface area contributed by atoms with Gasteiger partial charge in [0.1, 0.15) is 0 Å². The summed E-state index contributed by atoms with van der Waals surface area (Å²) in [6, 6.07) is -0.130. The first kappa shape index (κ1) is 11.4. The van der Waals surface area contributed by atoms with Crippen LogP contribution >= 0.6 is 0 Å². The van der Waals surface area contributed by atoms with Crippen LogP contribution in [0.1, 0.15) is 25.7 Å². The standard InChI is InChI=1S/C11H19N3O2/c1-13-10(15)5-8(12)9-6-14(9)11(16)7-3-2-4-7/h7-9H,2-6,12H2,1H3,(H,13,15). The van der Waals surface area contributed by atoms with E-state index < -0.39 is 0 Å². The van der Waals surface area contributed by atoms with Crippen molar-refractivity contribution in [1.29, 1.82) is 0 Å². The monoisotopic (exact) mass is 225 g/mol. The Labute approximate surface area is 95.3 Å². The molecule has 1 aliphatic carbocycles. The molecule has 5 heteroatoms. The molecule has 2 fully saturated rings. The Morgan fingerprint density at radius 2 is 2.19 bits per heavy atom. The highest BCUT2D eigenvalue weighted by Gasteiger charge is 2.45. The fourth-order valence-corrected chi connectivity index (χ4v) is 2.12. The average Bonchev–Trinajstić information content (AvgIpc) is 2.94. The number of nitrogens with two attached hydrogens (primary N) is 1. The van der Waals surface area contributed by atoms with Gasteiger partial charge >= 0.3 is 0 Å². The third-order valence-corrected chi connectivity index (χ3v) is 3.58. The highest BCUT2D eigenvalue weighted by molar-refractivity contribution is 5.82. The van der Waals surface area contributed by atoms with Crippen molar-refractivity contribution in [2.24, 2.45) is 11.7 Å². The van der Waals surface area contributed by atoms with Crippen LogP contribution in [0, 0.1) is 5.92 Å². The molecule has 0 aromatic rings. The molecule has 1 heterocycles. The van der Waals surface area contributed by atoms with Gasteiger partial charge < -0.3 is 16.0 Å². The summed E-state index contributed by atoms with van der Waals surface area (Å²) in [6.45, 7) is 0.730. The molecule has 2 amide bonds. The van der Waals surface area contributed by atoms with Crippen molar-refractivity contribution < 1.29 is 9.59 Å². The van der Waals surface area contributed by atoms with Gasteiger partial charge in [-0.1, -0.05) is 6.42 Å². The largest absolute Gasteiger partial charge is 0.359 e. The molecule has 0 spiro atoms. The van der Waals surface area contributed by atoms with Crippen molar-refractivity contribution in [1.82, 2.24) is 10.2 Å². The molecule has 0 radical (unpaired) electrons. The molecule has 1 saturated heterocycles. The number of rotatable bonds is 4. The Kier molecular flexibility index (Phi) is 3.14. The number of carbonyl (C=O) groups excluding carboxylic acids is 2. The maximum Gasteiger partial charge on any atom is 0.226 e. The first-order chi connectivity index (χ1) is 7.63. The lowest BCUT2D eigenvalue weighted by atomic mass is 9.85. The molecule has 2 rings (SSSR count). The molecular weight excluding hydrogens is 206 g/mol. The quantitative estimate of drug-likeness (QED) is 0.631. The van der Waals surface area contributed by atoms with Crippen LogP contribution in [0.5, 0.6) is 0 Å². The van der Waals surface area contributed by atoms with Crippen molar-refractivity contribution in [2.75, 3.05) is 13.6 Å². The first-order valence-electron chi connectivity index (χ1n) is 5.90. The van der Waals surface area contributed by atoms with E-state index in [1.54, 1.807) is 7.05 Å². The molecular formula is C11H19N3O2. The van der Waals surface area contributed by atoms with Gasteiger partial charge in [-0.05, 0) is 12.8 Å². The summed E-state index contributed by atoms with van der Waals surface area (Å²) in [5.41, 5.74) is 5.89. The summed E-state index contributed by atoms with van der Waals surface area (Å²) in [5.74, 6) is 0.413. The second kappa shape index (κ2) is 4.41. The van der Waals surface area contributed by atoms with Gasteiger partial charge in [0.25, 0.3) is 0 Å². The highest BCUT2D eigenvalue weighted by atomic mass is 16.2. The molecule has 2 aliphatic rings.